The molecule has 0 saturated carbocycles. The first-order valence-corrected chi connectivity index (χ1v) is 8.43. The van der Waals surface area contributed by atoms with E-state index in [0.29, 0.717) is 11.7 Å². The molecule has 0 aliphatic heterocycles. The summed E-state index contributed by atoms with van der Waals surface area (Å²) in [5.74, 6) is 1.97. The maximum atomic E-state index is 9.80. The van der Waals surface area contributed by atoms with Gasteiger partial charge in [0.1, 0.15) is 11.5 Å². The van der Waals surface area contributed by atoms with Crippen molar-refractivity contribution in [3.63, 3.8) is 0 Å². The van der Waals surface area contributed by atoms with E-state index in [9.17, 15) is 5.11 Å². The van der Waals surface area contributed by atoms with Gasteiger partial charge >= 0.3 is 0 Å². The highest BCUT2D eigenvalue weighted by Gasteiger charge is 2.22. The van der Waals surface area contributed by atoms with Crippen LogP contribution in [0.1, 0.15) is 35.4 Å². The molecule has 0 aromatic heterocycles. The number of hydrogen-bond acceptors (Lipinski definition) is 3. The van der Waals surface area contributed by atoms with Gasteiger partial charge in [-0.15, -0.1) is 0 Å². The first-order valence-electron chi connectivity index (χ1n) is 8.43. The zero-order valence-electron chi connectivity index (χ0n) is 13.7. The van der Waals surface area contributed by atoms with Crippen LogP contribution < -0.4 is 10.1 Å². The average Bonchev–Trinajstić information content (AvgIpc) is 2.59. The molecule has 23 heavy (non-hydrogen) atoms. The SMILES string of the molecule is COc1cccc2c1CCC[C@@H]2CNCCc1ccccc1O. The molecule has 1 atom stereocenters. The van der Waals surface area contributed by atoms with Crippen molar-refractivity contribution in [2.24, 2.45) is 0 Å². The van der Waals surface area contributed by atoms with Crippen LogP contribution >= 0.6 is 0 Å². The standard InChI is InChI=1S/C20H25NO2/c1-23-20-11-5-8-17-16(7-4-9-18(17)20)14-21-13-12-15-6-2-3-10-19(15)22/h2-3,5-6,8,10-11,16,21-22H,4,7,9,12-14H2,1H3/t16-/m1/s1. The molecule has 1 aliphatic rings. The summed E-state index contributed by atoms with van der Waals surface area (Å²) in [7, 11) is 1.75. The molecule has 0 unspecified atom stereocenters. The molecule has 2 aromatic carbocycles. The van der Waals surface area contributed by atoms with Crippen molar-refractivity contribution in [3.05, 3.63) is 59.2 Å². The first-order chi connectivity index (χ1) is 11.3. The van der Waals surface area contributed by atoms with E-state index in [4.69, 9.17) is 4.74 Å². The van der Waals surface area contributed by atoms with Gasteiger partial charge in [0.15, 0.2) is 0 Å². The van der Waals surface area contributed by atoms with Gasteiger partial charge in [0.25, 0.3) is 0 Å². The molecule has 2 aromatic rings. The van der Waals surface area contributed by atoms with Gasteiger partial charge in [-0.2, -0.15) is 0 Å². The maximum absolute atomic E-state index is 9.80. The minimum absolute atomic E-state index is 0.391. The predicted molar refractivity (Wildman–Crippen MR) is 93.4 cm³/mol. The lowest BCUT2D eigenvalue weighted by molar-refractivity contribution is 0.401. The number of phenolic OH excluding ortho intramolecular Hbond substituents is 1. The number of fused-ring (bicyclic) bond motifs is 1. The molecule has 0 saturated heterocycles. The topological polar surface area (TPSA) is 41.5 Å². The van der Waals surface area contributed by atoms with Crippen LogP contribution in [0.25, 0.3) is 0 Å². The van der Waals surface area contributed by atoms with E-state index in [2.05, 4.69) is 23.5 Å². The van der Waals surface area contributed by atoms with Crippen molar-refractivity contribution in [2.45, 2.75) is 31.6 Å². The van der Waals surface area contributed by atoms with Crippen molar-refractivity contribution in [1.82, 2.24) is 5.32 Å². The minimum Gasteiger partial charge on any atom is -0.508 e. The zero-order chi connectivity index (χ0) is 16.1. The molecule has 3 rings (SSSR count). The van der Waals surface area contributed by atoms with Crippen LogP contribution in [0.5, 0.6) is 11.5 Å². The largest absolute Gasteiger partial charge is 0.508 e. The van der Waals surface area contributed by atoms with Crippen LogP contribution in [0.3, 0.4) is 0 Å². The van der Waals surface area contributed by atoms with Crippen LogP contribution in [-0.2, 0) is 12.8 Å². The Morgan fingerprint density at radius 2 is 2.04 bits per heavy atom. The number of phenols is 1. The van der Waals surface area contributed by atoms with E-state index < -0.39 is 0 Å². The van der Waals surface area contributed by atoms with E-state index in [1.165, 1.54) is 24.0 Å². The highest BCUT2D eigenvalue weighted by molar-refractivity contribution is 5.43. The lowest BCUT2D eigenvalue weighted by atomic mass is 9.82. The molecular formula is C20H25NO2. The van der Waals surface area contributed by atoms with Gasteiger partial charge in [0.05, 0.1) is 7.11 Å². The van der Waals surface area contributed by atoms with Crippen molar-refractivity contribution >= 4 is 0 Å². The summed E-state index contributed by atoms with van der Waals surface area (Å²) in [6, 6.07) is 14.0. The van der Waals surface area contributed by atoms with Crippen LogP contribution in [0.2, 0.25) is 0 Å². The van der Waals surface area contributed by atoms with E-state index in [1.807, 2.05) is 18.2 Å². The van der Waals surface area contributed by atoms with Crippen LogP contribution in [0, 0.1) is 0 Å². The van der Waals surface area contributed by atoms with Gasteiger partial charge in [0.2, 0.25) is 0 Å². The second kappa shape index (κ2) is 7.51. The third-order valence-corrected chi connectivity index (χ3v) is 4.76. The third-order valence-electron chi connectivity index (χ3n) is 4.76. The van der Waals surface area contributed by atoms with Crippen LogP contribution in [0.15, 0.2) is 42.5 Å². The van der Waals surface area contributed by atoms with Crippen molar-refractivity contribution < 1.29 is 9.84 Å². The second-order valence-corrected chi connectivity index (χ2v) is 6.20. The Morgan fingerprint density at radius 3 is 2.87 bits per heavy atom. The molecule has 0 amide bonds. The van der Waals surface area contributed by atoms with Crippen LogP contribution in [0.4, 0.5) is 0 Å². The van der Waals surface area contributed by atoms with Gasteiger partial charge in [0, 0.05) is 6.54 Å². The number of ether oxygens (including phenoxy) is 1. The minimum atomic E-state index is 0.391. The fraction of sp³-hybridized carbons (Fsp3) is 0.400. The number of rotatable bonds is 6. The molecule has 2 N–H and O–H groups in total. The van der Waals surface area contributed by atoms with E-state index >= 15 is 0 Å². The number of aromatic hydroxyl groups is 1. The Bertz CT molecular complexity index is 654. The maximum Gasteiger partial charge on any atom is 0.122 e. The van der Waals surface area contributed by atoms with Crippen molar-refractivity contribution in [1.29, 1.82) is 0 Å². The second-order valence-electron chi connectivity index (χ2n) is 6.20. The molecule has 0 heterocycles. The van der Waals surface area contributed by atoms with E-state index in [-0.39, 0.29) is 0 Å². The van der Waals surface area contributed by atoms with Crippen molar-refractivity contribution in [2.75, 3.05) is 20.2 Å². The molecule has 3 heteroatoms. The molecule has 0 radical (unpaired) electrons. The number of methoxy groups -OCH3 is 1. The highest BCUT2D eigenvalue weighted by Crippen LogP contribution is 2.36. The number of nitrogens with one attached hydrogen (secondary N) is 1. The molecule has 122 valence electrons. The van der Waals surface area contributed by atoms with Gasteiger partial charge in [-0.3, -0.25) is 0 Å². The third kappa shape index (κ3) is 3.67. The molecular weight excluding hydrogens is 286 g/mol. The summed E-state index contributed by atoms with van der Waals surface area (Å²) in [5.41, 5.74) is 3.82. The van der Waals surface area contributed by atoms with Gasteiger partial charge < -0.3 is 15.2 Å². The zero-order valence-corrected chi connectivity index (χ0v) is 13.7. The number of hydrogen-bond donors (Lipinski definition) is 2. The lowest BCUT2D eigenvalue weighted by Gasteiger charge is -2.27. The van der Waals surface area contributed by atoms with E-state index in [0.717, 1.165) is 37.2 Å². The highest BCUT2D eigenvalue weighted by atomic mass is 16.5. The summed E-state index contributed by atoms with van der Waals surface area (Å²) < 4.78 is 5.51. The summed E-state index contributed by atoms with van der Waals surface area (Å²) in [6.07, 6.45) is 4.42. The van der Waals surface area contributed by atoms with Gasteiger partial charge in [-0.25, -0.2) is 0 Å². The molecule has 0 fully saturated rings. The number of benzene rings is 2. The average molecular weight is 311 g/mol. The lowest BCUT2D eigenvalue weighted by Crippen LogP contribution is -2.26. The quantitative estimate of drug-likeness (QED) is 0.800. The summed E-state index contributed by atoms with van der Waals surface area (Å²) in [6.45, 7) is 1.86. The van der Waals surface area contributed by atoms with Gasteiger partial charge in [-0.05, 0) is 67.0 Å². The fourth-order valence-electron chi connectivity index (χ4n) is 3.54. The predicted octanol–water partition coefficient (Wildman–Crippen LogP) is 3.65. The Balaban J connectivity index is 1.57. The van der Waals surface area contributed by atoms with Gasteiger partial charge in [-0.1, -0.05) is 30.3 Å². The van der Waals surface area contributed by atoms with E-state index in [1.54, 1.807) is 13.2 Å². The summed E-state index contributed by atoms with van der Waals surface area (Å²) in [5, 5.41) is 13.4. The monoisotopic (exact) mass is 311 g/mol. The number of para-hydroxylation sites is 1. The summed E-state index contributed by atoms with van der Waals surface area (Å²) >= 11 is 0. The first kappa shape index (κ1) is 15.9. The fourth-order valence-corrected chi connectivity index (χ4v) is 3.54. The van der Waals surface area contributed by atoms with Crippen molar-refractivity contribution in [3.8, 4) is 11.5 Å². The Labute approximate surface area is 138 Å². The molecule has 0 spiro atoms. The molecule has 0 bridgehead atoms. The Morgan fingerprint density at radius 1 is 1.17 bits per heavy atom. The normalized spacial score (nSPS) is 16.8. The van der Waals surface area contributed by atoms with Crippen LogP contribution in [-0.4, -0.2) is 25.3 Å². The smallest absolute Gasteiger partial charge is 0.122 e. The molecule has 1 aliphatic carbocycles. The molecule has 3 nitrogen and oxygen atoms in total. The summed E-state index contributed by atoms with van der Waals surface area (Å²) in [4.78, 5) is 0. The Hall–Kier alpha value is -2.00. The Kier molecular flexibility index (Phi) is 5.19.